The minimum absolute atomic E-state index is 0.0949. The molecule has 0 saturated carbocycles. The van der Waals surface area contributed by atoms with E-state index in [1.165, 1.54) is 6.92 Å². The monoisotopic (exact) mass is 131 g/mol. The number of rotatable bonds is 3. The van der Waals surface area contributed by atoms with Crippen molar-refractivity contribution >= 4 is 5.91 Å². The summed E-state index contributed by atoms with van der Waals surface area (Å²) in [6, 6.07) is 0. The molecule has 0 aliphatic rings. The molecule has 0 radical (unpaired) electrons. The minimum atomic E-state index is -0.395. The number of amides is 1. The molecule has 0 saturated heterocycles. The van der Waals surface area contributed by atoms with E-state index in [0.29, 0.717) is 13.0 Å². The highest BCUT2D eigenvalue weighted by atomic mass is 16.3. The van der Waals surface area contributed by atoms with Crippen molar-refractivity contribution in [2.24, 2.45) is 0 Å². The van der Waals surface area contributed by atoms with Crippen LogP contribution in [0.15, 0.2) is 0 Å². The molecule has 2 N–H and O–H groups in total. The number of hydrogen-bond donors (Lipinski definition) is 2. The lowest BCUT2D eigenvalue weighted by Gasteiger charge is -2.06. The quantitative estimate of drug-likeness (QED) is 0.561. The van der Waals surface area contributed by atoms with Crippen LogP contribution in [0.2, 0.25) is 0 Å². The molecule has 0 aromatic heterocycles. The van der Waals surface area contributed by atoms with Gasteiger partial charge in [0, 0.05) is 13.5 Å². The van der Waals surface area contributed by atoms with Gasteiger partial charge < -0.3 is 10.4 Å². The number of nitrogens with one attached hydrogen (secondary N) is 1. The highest BCUT2D eigenvalue weighted by Crippen LogP contribution is 1.85. The summed E-state index contributed by atoms with van der Waals surface area (Å²) in [6.07, 6.45) is 0.286. The average Bonchev–Trinajstić information content (AvgIpc) is 1.83. The predicted octanol–water partition coefficient (Wildman–Crippen LogP) is -0.107. The second-order valence-electron chi connectivity index (χ2n) is 2.00. The van der Waals surface area contributed by atoms with Crippen LogP contribution < -0.4 is 5.32 Å². The molecule has 9 heavy (non-hydrogen) atoms. The first-order valence-electron chi connectivity index (χ1n) is 3.09. The van der Waals surface area contributed by atoms with Crippen LogP contribution in [0.1, 0.15) is 20.3 Å². The van der Waals surface area contributed by atoms with Crippen LogP contribution in [0.25, 0.3) is 0 Å². The molecule has 1 atom stereocenters. The van der Waals surface area contributed by atoms with Gasteiger partial charge in [0.2, 0.25) is 5.91 Å². The van der Waals surface area contributed by atoms with Gasteiger partial charge in [0.15, 0.2) is 0 Å². The van der Waals surface area contributed by atoms with Crippen LogP contribution >= 0.6 is 0 Å². The van der Waals surface area contributed by atoms with E-state index in [0.717, 1.165) is 0 Å². The highest BCUT2D eigenvalue weighted by molar-refractivity contribution is 5.72. The molecule has 0 aliphatic heterocycles. The third-order valence-corrected chi connectivity index (χ3v) is 1.06. The van der Waals surface area contributed by atoms with Crippen molar-refractivity contribution in [3.63, 3.8) is 0 Å². The van der Waals surface area contributed by atoms with E-state index in [1.54, 1.807) is 0 Å². The highest BCUT2D eigenvalue weighted by Gasteiger charge is 1.98. The molecule has 0 fully saturated rings. The van der Waals surface area contributed by atoms with Crippen molar-refractivity contribution in [3.8, 4) is 0 Å². The Labute approximate surface area is 55.1 Å². The Morgan fingerprint density at radius 2 is 2.33 bits per heavy atom. The number of aliphatic hydroxyl groups is 1. The van der Waals surface area contributed by atoms with Crippen molar-refractivity contribution in [3.05, 3.63) is 0 Å². The zero-order valence-electron chi connectivity index (χ0n) is 5.85. The van der Waals surface area contributed by atoms with Gasteiger partial charge >= 0.3 is 0 Å². The molecular weight excluding hydrogens is 118 g/mol. The van der Waals surface area contributed by atoms with Gasteiger partial charge in [-0.3, -0.25) is 4.79 Å². The summed E-state index contributed by atoms with van der Waals surface area (Å²) in [6.45, 7) is 3.67. The Morgan fingerprint density at radius 3 is 2.67 bits per heavy atom. The molecule has 0 rings (SSSR count). The summed E-state index contributed by atoms with van der Waals surface area (Å²) in [5, 5.41) is 11.4. The van der Waals surface area contributed by atoms with Gasteiger partial charge in [-0.2, -0.15) is 0 Å². The van der Waals surface area contributed by atoms with Crippen LogP contribution in [0.4, 0.5) is 0 Å². The van der Waals surface area contributed by atoms with Crippen LogP contribution in [-0.2, 0) is 4.79 Å². The van der Waals surface area contributed by atoms with Gasteiger partial charge in [-0.05, 0) is 6.42 Å². The standard InChI is InChI=1S/C6H13NO2/c1-3-6(9)4-7-5(2)8/h6,9H,3-4H2,1-2H3,(H,7,8)/t6-/m1/s1. The molecule has 0 aliphatic carbocycles. The lowest BCUT2D eigenvalue weighted by molar-refractivity contribution is -0.119. The zero-order valence-corrected chi connectivity index (χ0v) is 5.85. The predicted molar refractivity (Wildman–Crippen MR) is 35.0 cm³/mol. The molecule has 3 nitrogen and oxygen atoms in total. The summed E-state index contributed by atoms with van der Waals surface area (Å²) < 4.78 is 0. The van der Waals surface area contributed by atoms with Crippen LogP contribution in [0.3, 0.4) is 0 Å². The van der Waals surface area contributed by atoms with E-state index < -0.39 is 6.10 Å². The molecule has 0 aromatic rings. The average molecular weight is 131 g/mol. The van der Waals surface area contributed by atoms with Crippen molar-refractivity contribution in [1.82, 2.24) is 5.32 Å². The fourth-order valence-corrected chi connectivity index (χ4v) is 0.406. The fraction of sp³-hybridized carbons (Fsp3) is 0.833. The van der Waals surface area contributed by atoms with Gasteiger partial charge in [0.1, 0.15) is 0 Å². The molecule has 3 heteroatoms. The SMILES string of the molecule is CC[C@@H](O)CNC(C)=O. The number of carbonyl (C=O) groups is 1. The lowest BCUT2D eigenvalue weighted by Crippen LogP contribution is -2.29. The lowest BCUT2D eigenvalue weighted by atomic mass is 10.3. The third kappa shape index (κ3) is 5.30. The molecule has 0 unspecified atom stereocenters. The van der Waals surface area contributed by atoms with E-state index in [-0.39, 0.29) is 5.91 Å². The van der Waals surface area contributed by atoms with Gasteiger partial charge in [-0.15, -0.1) is 0 Å². The Bertz CT molecular complexity index is 93.1. The van der Waals surface area contributed by atoms with Crippen LogP contribution in [0.5, 0.6) is 0 Å². The molecule has 0 aromatic carbocycles. The number of carbonyl (C=O) groups excluding carboxylic acids is 1. The molecule has 54 valence electrons. The van der Waals surface area contributed by atoms with Gasteiger partial charge in [0.25, 0.3) is 0 Å². The zero-order chi connectivity index (χ0) is 7.28. The van der Waals surface area contributed by atoms with Crippen molar-refractivity contribution in [2.45, 2.75) is 26.4 Å². The second-order valence-corrected chi connectivity index (χ2v) is 2.00. The molecule has 1 amide bonds. The smallest absolute Gasteiger partial charge is 0.216 e. The molecule has 0 heterocycles. The third-order valence-electron chi connectivity index (χ3n) is 1.06. The molecule has 0 spiro atoms. The molecule has 0 bridgehead atoms. The topological polar surface area (TPSA) is 49.3 Å². The summed E-state index contributed by atoms with van der Waals surface area (Å²) in [7, 11) is 0. The summed E-state index contributed by atoms with van der Waals surface area (Å²) >= 11 is 0. The Hall–Kier alpha value is -0.570. The van der Waals surface area contributed by atoms with Crippen molar-refractivity contribution in [2.75, 3.05) is 6.54 Å². The largest absolute Gasteiger partial charge is 0.391 e. The maximum absolute atomic E-state index is 10.2. The minimum Gasteiger partial charge on any atom is -0.391 e. The Kier molecular flexibility index (Phi) is 4.05. The van der Waals surface area contributed by atoms with Crippen molar-refractivity contribution in [1.29, 1.82) is 0 Å². The van der Waals surface area contributed by atoms with Gasteiger partial charge in [0.05, 0.1) is 6.10 Å². The van der Waals surface area contributed by atoms with Crippen LogP contribution in [0, 0.1) is 0 Å². The first kappa shape index (κ1) is 8.43. The Morgan fingerprint density at radius 1 is 1.78 bits per heavy atom. The van der Waals surface area contributed by atoms with Crippen LogP contribution in [-0.4, -0.2) is 23.7 Å². The number of hydrogen-bond acceptors (Lipinski definition) is 2. The normalized spacial score (nSPS) is 12.8. The van der Waals surface area contributed by atoms with E-state index >= 15 is 0 Å². The van der Waals surface area contributed by atoms with Gasteiger partial charge in [-0.25, -0.2) is 0 Å². The van der Waals surface area contributed by atoms with E-state index in [4.69, 9.17) is 5.11 Å². The van der Waals surface area contributed by atoms with E-state index in [9.17, 15) is 4.79 Å². The van der Waals surface area contributed by atoms with Crippen molar-refractivity contribution < 1.29 is 9.90 Å². The van der Waals surface area contributed by atoms with Gasteiger partial charge in [-0.1, -0.05) is 6.92 Å². The first-order valence-corrected chi connectivity index (χ1v) is 3.09. The maximum atomic E-state index is 10.2. The first-order chi connectivity index (χ1) is 4.16. The summed E-state index contributed by atoms with van der Waals surface area (Å²) in [5.74, 6) is -0.0949. The summed E-state index contributed by atoms with van der Waals surface area (Å²) in [5.41, 5.74) is 0. The van der Waals surface area contributed by atoms with E-state index in [1.807, 2.05) is 6.92 Å². The molecular formula is C6H13NO2. The number of aliphatic hydroxyl groups excluding tert-OH is 1. The summed E-state index contributed by atoms with van der Waals surface area (Å²) in [4.78, 5) is 10.2. The fourth-order valence-electron chi connectivity index (χ4n) is 0.406. The second kappa shape index (κ2) is 4.32. The maximum Gasteiger partial charge on any atom is 0.216 e. The van der Waals surface area contributed by atoms with E-state index in [2.05, 4.69) is 5.32 Å². The Balaban J connectivity index is 3.16.